The number of nitrogens with zero attached hydrogens (tertiary/aromatic N) is 1. The monoisotopic (exact) mass is 385 g/mol. The predicted molar refractivity (Wildman–Crippen MR) is 108 cm³/mol. The summed E-state index contributed by atoms with van der Waals surface area (Å²) in [6.45, 7) is 6.96. The molecule has 2 aromatic rings. The maximum Gasteiger partial charge on any atom is 0.416 e. The van der Waals surface area contributed by atoms with E-state index in [1.165, 1.54) is 12.0 Å². The number of ether oxygens (including phenoxy) is 3. The molecule has 0 N–H and O–H groups in total. The highest BCUT2D eigenvalue weighted by molar-refractivity contribution is 5.99. The van der Waals surface area contributed by atoms with Gasteiger partial charge in [0.2, 0.25) is 0 Å². The fourth-order valence-corrected chi connectivity index (χ4v) is 2.88. The van der Waals surface area contributed by atoms with Gasteiger partial charge in [-0.3, -0.25) is 4.90 Å². The molecule has 0 radical (unpaired) electrons. The van der Waals surface area contributed by atoms with E-state index in [-0.39, 0.29) is 0 Å². The average molecular weight is 385 g/mol. The molecule has 1 amide bonds. The Hall–Kier alpha value is -3.02. The molecular formula is C22H27NO5. The van der Waals surface area contributed by atoms with Gasteiger partial charge in [-0.2, -0.15) is 0 Å². The van der Waals surface area contributed by atoms with E-state index >= 15 is 0 Å². The molecule has 0 aromatic heterocycles. The Labute approximate surface area is 166 Å². The Bertz CT molecular complexity index is 811. The van der Waals surface area contributed by atoms with Gasteiger partial charge in [-0.25, -0.2) is 9.59 Å². The summed E-state index contributed by atoms with van der Waals surface area (Å²) in [6.07, 6.45) is -0.658. The Kier molecular flexibility index (Phi) is 6.33. The van der Waals surface area contributed by atoms with Crippen molar-refractivity contribution in [1.82, 2.24) is 0 Å². The van der Waals surface area contributed by atoms with Gasteiger partial charge in [0.25, 0.3) is 0 Å². The second-order valence-electron chi connectivity index (χ2n) is 7.44. The number of rotatable bonds is 5. The number of methoxy groups -OCH3 is 2. The maximum atomic E-state index is 13.2. The number of carbonyl (C=O) groups is 2. The molecule has 0 bridgehead atoms. The standard InChI is InChI=1S/C22H27NO5/c1-21(2,3)28-20(25)23(17-12-14-18(26-5)15-13-17)22(4,19(24)27-6)16-10-8-7-9-11-16/h7-15H,1-6H3/t22-/m1/s1. The van der Waals surface area contributed by atoms with Crippen LogP contribution in [0.5, 0.6) is 5.75 Å². The normalized spacial score (nSPS) is 13.2. The largest absolute Gasteiger partial charge is 0.497 e. The number of esters is 1. The van der Waals surface area contributed by atoms with Crippen LogP contribution in [-0.4, -0.2) is 31.9 Å². The van der Waals surface area contributed by atoms with Gasteiger partial charge in [0.15, 0.2) is 5.54 Å². The fraction of sp³-hybridized carbons (Fsp3) is 0.364. The van der Waals surface area contributed by atoms with E-state index in [2.05, 4.69) is 0 Å². The van der Waals surface area contributed by atoms with Crippen LogP contribution in [0.15, 0.2) is 54.6 Å². The van der Waals surface area contributed by atoms with Crippen molar-refractivity contribution in [2.45, 2.75) is 38.8 Å². The maximum absolute atomic E-state index is 13.2. The first-order valence-electron chi connectivity index (χ1n) is 8.94. The molecule has 150 valence electrons. The highest BCUT2D eigenvalue weighted by Crippen LogP contribution is 2.36. The third-order valence-corrected chi connectivity index (χ3v) is 4.27. The van der Waals surface area contributed by atoms with Crippen LogP contribution in [0.1, 0.15) is 33.3 Å². The highest BCUT2D eigenvalue weighted by atomic mass is 16.6. The van der Waals surface area contributed by atoms with Crippen molar-refractivity contribution >= 4 is 17.7 Å². The lowest BCUT2D eigenvalue weighted by molar-refractivity contribution is -0.147. The molecule has 1 atom stereocenters. The average Bonchev–Trinajstić information content (AvgIpc) is 2.67. The minimum atomic E-state index is -1.44. The van der Waals surface area contributed by atoms with Crippen LogP contribution >= 0.6 is 0 Å². The summed E-state index contributed by atoms with van der Waals surface area (Å²) in [6, 6.07) is 15.8. The van der Waals surface area contributed by atoms with E-state index in [4.69, 9.17) is 14.2 Å². The summed E-state index contributed by atoms with van der Waals surface area (Å²) in [4.78, 5) is 27.5. The second-order valence-corrected chi connectivity index (χ2v) is 7.44. The van der Waals surface area contributed by atoms with E-state index in [0.29, 0.717) is 17.0 Å². The summed E-state index contributed by atoms with van der Waals surface area (Å²) >= 11 is 0. The SMILES string of the molecule is COC(=O)[C@@](C)(c1ccccc1)N(C(=O)OC(C)(C)C)c1ccc(OC)cc1. The first-order valence-corrected chi connectivity index (χ1v) is 8.94. The molecule has 2 rings (SSSR count). The van der Waals surface area contributed by atoms with Crippen molar-refractivity contribution < 1.29 is 23.8 Å². The van der Waals surface area contributed by atoms with Crippen LogP contribution in [0, 0.1) is 0 Å². The van der Waals surface area contributed by atoms with E-state index in [1.807, 2.05) is 6.07 Å². The zero-order valence-corrected chi connectivity index (χ0v) is 17.2. The van der Waals surface area contributed by atoms with E-state index < -0.39 is 23.2 Å². The molecule has 0 spiro atoms. The van der Waals surface area contributed by atoms with Crippen molar-refractivity contribution in [3.05, 3.63) is 60.2 Å². The number of carbonyl (C=O) groups excluding carboxylic acids is 2. The molecule has 0 aliphatic carbocycles. The van der Waals surface area contributed by atoms with Crippen LogP contribution in [0.2, 0.25) is 0 Å². The third kappa shape index (κ3) is 4.44. The summed E-state index contributed by atoms with van der Waals surface area (Å²) in [5.74, 6) is 0.0488. The lowest BCUT2D eigenvalue weighted by atomic mass is 9.89. The fourth-order valence-electron chi connectivity index (χ4n) is 2.88. The Morgan fingerprint density at radius 1 is 0.857 bits per heavy atom. The highest BCUT2D eigenvalue weighted by Gasteiger charge is 2.47. The minimum Gasteiger partial charge on any atom is -0.497 e. The van der Waals surface area contributed by atoms with Crippen molar-refractivity contribution in [3.8, 4) is 5.75 Å². The number of hydrogen-bond donors (Lipinski definition) is 0. The van der Waals surface area contributed by atoms with Gasteiger partial charge in [-0.05, 0) is 57.5 Å². The molecule has 6 heteroatoms. The Balaban J connectivity index is 2.68. The molecule has 2 aromatic carbocycles. The smallest absolute Gasteiger partial charge is 0.416 e. The molecule has 0 unspecified atom stereocenters. The second kappa shape index (κ2) is 8.33. The zero-order valence-electron chi connectivity index (χ0n) is 17.2. The van der Waals surface area contributed by atoms with E-state index in [1.54, 1.807) is 83.3 Å². The van der Waals surface area contributed by atoms with Crippen molar-refractivity contribution in [2.75, 3.05) is 19.1 Å². The summed E-state index contributed by atoms with van der Waals surface area (Å²) in [7, 11) is 2.86. The summed E-state index contributed by atoms with van der Waals surface area (Å²) in [5.41, 5.74) is -1.10. The molecule has 0 heterocycles. The van der Waals surface area contributed by atoms with Crippen LogP contribution in [0.4, 0.5) is 10.5 Å². The van der Waals surface area contributed by atoms with Gasteiger partial charge in [-0.1, -0.05) is 30.3 Å². The van der Waals surface area contributed by atoms with Crippen molar-refractivity contribution in [2.24, 2.45) is 0 Å². The van der Waals surface area contributed by atoms with Gasteiger partial charge < -0.3 is 14.2 Å². The quantitative estimate of drug-likeness (QED) is 0.708. The molecular weight excluding hydrogens is 358 g/mol. The number of anilines is 1. The molecule has 6 nitrogen and oxygen atoms in total. The van der Waals surface area contributed by atoms with Gasteiger partial charge in [0, 0.05) is 5.69 Å². The number of hydrogen-bond acceptors (Lipinski definition) is 5. The van der Waals surface area contributed by atoms with Gasteiger partial charge in [0.1, 0.15) is 11.4 Å². The van der Waals surface area contributed by atoms with E-state index in [0.717, 1.165) is 0 Å². The molecule has 0 aliphatic rings. The van der Waals surface area contributed by atoms with Crippen molar-refractivity contribution in [3.63, 3.8) is 0 Å². The first kappa shape index (κ1) is 21.3. The molecule has 28 heavy (non-hydrogen) atoms. The van der Waals surface area contributed by atoms with Crippen molar-refractivity contribution in [1.29, 1.82) is 0 Å². The number of amides is 1. The first-order chi connectivity index (χ1) is 13.1. The predicted octanol–water partition coefficient (Wildman–Crippen LogP) is 4.53. The van der Waals surface area contributed by atoms with Crippen LogP contribution < -0.4 is 9.64 Å². The Morgan fingerprint density at radius 2 is 1.43 bits per heavy atom. The van der Waals surface area contributed by atoms with Crippen LogP contribution in [0.25, 0.3) is 0 Å². The van der Waals surface area contributed by atoms with Crippen LogP contribution in [-0.2, 0) is 19.8 Å². The summed E-state index contributed by atoms with van der Waals surface area (Å²) < 4.78 is 15.9. The summed E-state index contributed by atoms with van der Waals surface area (Å²) in [5, 5.41) is 0. The molecule has 0 saturated carbocycles. The molecule has 0 aliphatic heterocycles. The minimum absolute atomic E-state index is 0.479. The van der Waals surface area contributed by atoms with E-state index in [9.17, 15) is 9.59 Å². The van der Waals surface area contributed by atoms with Gasteiger partial charge in [0.05, 0.1) is 14.2 Å². The lowest BCUT2D eigenvalue weighted by Gasteiger charge is -2.39. The zero-order chi connectivity index (χ0) is 20.9. The van der Waals surface area contributed by atoms with Gasteiger partial charge in [-0.15, -0.1) is 0 Å². The number of benzene rings is 2. The Morgan fingerprint density at radius 3 is 1.89 bits per heavy atom. The van der Waals surface area contributed by atoms with Crippen LogP contribution in [0.3, 0.4) is 0 Å². The topological polar surface area (TPSA) is 65.1 Å². The lowest BCUT2D eigenvalue weighted by Crippen LogP contribution is -2.55. The third-order valence-electron chi connectivity index (χ3n) is 4.27. The molecule has 0 saturated heterocycles. The molecule has 0 fully saturated rings. The van der Waals surface area contributed by atoms with Gasteiger partial charge >= 0.3 is 12.1 Å².